The van der Waals surface area contributed by atoms with E-state index in [0.29, 0.717) is 35.2 Å². The van der Waals surface area contributed by atoms with E-state index in [1.54, 1.807) is 10.6 Å². The van der Waals surface area contributed by atoms with Crippen molar-refractivity contribution in [2.45, 2.75) is 51.6 Å². The number of hydrogen-bond acceptors (Lipinski definition) is 4. The van der Waals surface area contributed by atoms with Crippen molar-refractivity contribution in [2.24, 2.45) is 0 Å². The number of amides is 2. The number of hydrogen-bond donors (Lipinski definition) is 2. The summed E-state index contributed by atoms with van der Waals surface area (Å²) < 4.78 is 2.02. The van der Waals surface area contributed by atoms with Gasteiger partial charge in [-0.05, 0) is 67.7 Å². The Morgan fingerprint density at radius 2 is 1.71 bits per heavy atom. The van der Waals surface area contributed by atoms with Crippen LogP contribution in [0.5, 0.6) is 0 Å². The first-order chi connectivity index (χ1) is 16.5. The Labute approximate surface area is 203 Å². The zero-order valence-corrected chi connectivity index (χ0v) is 20.0. The number of para-hydroxylation sites is 1. The number of aromatic nitrogens is 2. The van der Waals surface area contributed by atoms with Crippen molar-refractivity contribution in [1.29, 1.82) is 0 Å². The number of fused-ring (bicyclic) bond motifs is 1. The molecule has 2 amide bonds. The van der Waals surface area contributed by atoms with E-state index in [1.807, 2.05) is 47.4 Å². The van der Waals surface area contributed by atoms with Gasteiger partial charge in [0.05, 0.1) is 10.9 Å². The van der Waals surface area contributed by atoms with Gasteiger partial charge in [-0.3, -0.25) is 19.0 Å². The fraction of sp³-hybridized carbons (Fsp3) is 0.385. The Kier molecular flexibility index (Phi) is 7.90. The number of carbonyl (C=O) groups excluding carboxylic acids is 2. The molecule has 0 aliphatic carbocycles. The maximum absolute atomic E-state index is 12.7. The lowest BCUT2D eigenvalue weighted by atomic mass is 10.1. The lowest BCUT2D eigenvalue weighted by Gasteiger charge is -2.15. The molecular formula is C26H30N4O3S. The molecule has 3 aromatic rings. The minimum atomic E-state index is -0.0785. The van der Waals surface area contributed by atoms with Crippen molar-refractivity contribution < 1.29 is 9.59 Å². The minimum Gasteiger partial charge on any atom is -0.352 e. The van der Waals surface area contributed by atoms with Gasteiger partial charge in [0.2, 0.25) is 5.91 Å². The highest BCUT2D eigenvalue weighted by Crippen LogP contribution is 2.14. The predicted molar refractivity (Wildman–Crippen MR) is 135 cm³/mol. The molecule has 0 saturated carbocycles. The molecule has 7 nitrogen and oxygen atoms in total. The molecule has 1 saturated heterocycles. The molecular weight excluding hydrogens is 448 g/mol. The van der Waals surface area contributed by atoms with E-state index in [2.05, 4.69) is 10.3 Å². The van der Waals surface area contributed by atoms with Crippen molar-refractivity contribution in [3.63, 3.8) is 0 Å². The zero-order chi connectivity index (χ0) is 23.9. The van der Waals surface area contributed by atoms with Gasteiger partial charge in [-0.2, -0.15) is 0 Å². The minimum absolute atomic E-state index is 0.00242. The average molecular weight is 479 g/mol. The number of benzene rings is 2. The first-order valence-corrected chi connectivity index (χ1v) is 12.3. The Bertz CT molecular complexity index is 1270. The highest BCUT2D eigenvalue weighted by molar-refractivity contribution is 7.71. The SMILES string of the molecule is O=C(CCCCCn1c(=S)[nH]c2ccccc2c1=O)NCc1ccc(C(=O)N2CCCC2)cc1. The highest BCUT2D eigenvalue weighted by atomic mass is 32.1. The van der Waals surface area contributed by atoms with Gasteiger partial charge in [0.25, 0.3) is 11.5 Å². The first kappa shape index (κ1) is 23.9. The second-order valence-corrected chi connectivity index (χ2v) is 9.10. The summed E-state index contributed by atoms with van der Waals surface area (Å²) in [6, 6.07) is 14.8. The summed E-state index contributed by atoms with van der Waals surface area (Å²) in [4.78, 5) is 42.3. The van der Waals surface area contributed by atoms with Gasteiger partial charge in [-0.25, -0.2) is 0 Å². The third-order valence-electron chi connectivity index (χ3n) is 6.26. The third-order valence-corrected chi connectivity index (χ3v) is 6.58. The fourth-order valence-electron chi connectivity index (χ4n) is 4.29. The fourth-order valence-corrected chi connectivity index (χ4v) is 4.58. The summed E-state index contributed by atoms with van der Waals surface area (Å²) in [7, 11) is 0. The van der Waals surface area contributed by atoms with Gasteiger partial charge in [0, 0.05) is 38.2 Å². The second-order valence-electron chi connectivity index (χ2n) is 8.72. The summed E-state index contributed by atoms with van der Waals surface area (Å²) in [5, 5.41) is 3.57. The maximum Gasteiger partial charge on any atom is 0.262 e. The van der Waals surface area contributed by atoms with E-state index >= 15 is 0 Å². The van der Waals surface area contributed by atoms with Gasteiger partial charge >= 0.3 is 0 Å². The summed E-state index contributed by atoms with van der Waals surface area (Å²) in [5.41, 5.74) is 2.34. The van der Waals surface area contributed by atoms with Crippen molar-refractivity contribution in [3.8, 4) is 0 Å². The highest BCUT2D eigenvalue weighted by Gasteiger charge is 2.19. The second kappa shape index (κ2) is 11.2. The summed E-state index contributed by atoms with van der Waals surface area (Å²) >= 11 is 5.34. The molecule has 0 atom stereocenters. The summed E-state index contributed by atoms with van der Waals surface area (Å²) in [6.07, 6.45) is 4.93. The van der Waals surface area contributed by atoms with Crippen LogP contribution in [0.25, 0.3) is 10.9 Å². The Morgan fingerprint density at radius 3 is 2.47 bits per heavy atom. The molecule has 1 aliphatic rings. The van der Waals surface area contributed by atoms with E-state index in [9.17, 15) is 14.4 Å². The van der Waals surface area contributed by atoms with Crippen molar-refractivity contribution >= 4 is 34.9 Å². The molecule has 1 aliphatic heterocycles. The van der Waals surface area contributed by atoms with Crippen molar-refractivity contribution in [1.82, 2.24) is 19.8 Å². The first-order valence-electron chi connectivity index (χ1n) is 11.9. The monoisotopic (exact) mass is 478 g/mol. The van der Waals surface area contributed by atoms with E-state index in [0.717, 1.165) is 56.3 Å². The van der Waals surface area contributed by atoms with E-state index in [-0.39, 0.29) is 17.4 Å². The number of carbonyl (C=O) groups is 2. The van der Waals surface area contributed by atoms with Crippen LogP contribution in [0, 0.1) is 4.77 Å². The van der Waals surface area contributed by atoms with Crippen LogP contribution in [0.15, 0.2) is 53.3 Å². The van der Waals surface area contributed by atoms with Gasteiger partial charge in [-0.1, -0.05) is 30.7 Å². The van der Waals surface area contributed by atoms with Crippen LogP contribution in [-0.4, -0.2) is 39.4 Å². The standard InChI is InChI=1S/C26H30N4O3S/c31-23(27-18-19-11-13-20(14-12-19)24(32)29-15-6-7-16-29)10-2-1-5-17-30-25(33)21-8-3-4-9-22(21)28-26(30)34/h3-4,8-9,11-14H,1-2,5-7,10,15-18H2,(H,27,31)(H,28,34). The largest absolute Gasteiger partial charge is 0.352 e. The molecule has 0 unspecified atom stereocenters. The zero-order valence-electron chi connectivity index (χ0n) is 19.2. The van der Waals surface area contributed by atoms with Crippen LogP contribution < -0.4 is 10.9 Å². The van der Waals surface area contributed by atoms with E-state index in [1.165, 1.54) is 0 Å². The van der Waals surface area contributed by atoms with Crippen LogP contribution in [-0.2, 0) is 17.9 Å². The molecule has 34 heavy (non-hydrogen) atoms. The van der Waals surface area contributed by atoms with Gasteiger partial charge in [0.1, 0.15) is 0 Å². The number of unbranched alkanes of at least 4 members (excludes halogenated alkanes) is 2. The van der Waals surface area contributed by atoms with Crippen LogP contribution in [0.3, 0.4) is 0 Å². The predicted octanol–water partition coefficient (Wildman–Crippen LogP) is 4.17. The lowest BCUT2D eigenvalue weighted by molar-refractivity contribution is -0.121. The molecule has 1 aromatic heterocycles. The van der Waals surface area contributed by atoms with Crippen LogP contribution in [0.2, 0.25) is 0 Å². The molecule has 2 N–H and O–H groups in total. The normalized spacial score (nSPS) is 13.4. The molecule has 8 heteroatoms. The van der Waals surface area contributed by atoms with E-state index < -0.39 is 0 Å². The lowest BCUT2D eigenvalue weighted by Crippen LogP contribution is -2.27. The smallest absolute Gasteiger partial charge is 0.262 e. The summed E-state index contributed by atoms with van der Waals surface area (Å²) in [5.74, 6) is 0.0810. The molecule has 0 bridgehead atoms. The van der Waals surface area contributed by atoms with Crippen LogP contribution in [0.1, 0.15) is 54.4 Å². The maximum atomic E-state index is 12.7. The Hall–Kier alpha value is -3.26. The van der Waals surface area contributed by atoms with Gasteiger partial charge < -0.3 is 15.2 Å². The van der Waals surface area contributed by atoms with Crippen molar-refractivity contribution in [3.05, 3.63) is 74.8 Å². The van der Waals surface area contributed by atoms with E-state index in [4.69, 9.17) is 12.2 Å². The molecule has 0 radical (unpaired) electrons. The van der Waals surface area contributed by atoms with Gasteiger partial charge in [-0.15, -0.1) is 0 Å². The van der Waals surface area contributed by atoms with Gasteiger partial charge in [0.15, 0.2) is 4.77 Å². The topological polar surface area (TPSA) is 87.2 Å². The Balaban J connectivity index is 1.17. The molecule has 2 aromatic carbocycles. The Morgan fingerprint density at radius 1 is 0.971 bits per heavy atom. The number of nitrogens with zero attached hydrogens (tertiary/aromatic N) is 2. The number of likely N-dealkylation sites (tertiary alicyclic amines) is 1. The summed E-state index contributed by atoms with van der Waals surface area (Å²) in [6.45, 7) is 2.65. The molecule has 178 valence electrons. The molecule has 1 fully saturated rings. The quantitative estimate of drug-likeness (QED) is 0.357. The average Bonchev–Trinajstić information content (AvgIpc) is 3.39. The molecule has 4 rings (SSSR count). The number of rotatable bonds is 9. The number of aromatic amines is 1. The van der Waals surface area contributed by atoms with Crippen LogP contribution in [0.4, 0.5) is 0 Å². The number of H-pyrrole nitrogens is 1. The third kappa shape index (κ3) is 5.80. The number of nitrogens with one attached hydrogen (secondary N) is 2. The van der Waals surface area contributed by atoms with Crippen LogP contribution >= 0.6 is 12.2 Å². The molecule has 2 heterocycles. The molecule has 0 spiro atoms. The van der Waals surface area contributed by atoms with Crippen molar-refractivity contribution in [2.75, 3.05) is 13.1 Å².